The summed E-state index contributed by atoms with van der Waals surface area (Å²) >= 11 is 23.3. The van der Waals surface area contributed by atoms with Crippen molar-refractivity contribution >= 4 is 64.0 Å². The van der Waals surface area contributed by atoms with Crippen LogP contribution in [-0.4, -0.2) is 37.7 Å². The average molecular weight is 454 g/mol. The number of benzene rings is 1. The Balaban J connectivity index is 2.05. The maximum absolute atomic E-state index is 12.1. The van der Waals surface area contributed by atoms with Gasteiger partial charge in [0.25, 0.3) is 5.91 Å². The summed E-state index contributed by atoms with van der Waals surface area (Å²) < 4.78 is 15.1. The summed E-state index contributed by atoms with van der Waals surface area (Å²) in [6.45, 7) is -0.603. The molecule has 0 bridgehead atoms. The molecule has 0 aliphatic carbocycles. The van der Waals surface area contributed by atoms with Gasteiger partial charge >= 0.3 is 5.97 Å². The second-order valence-corrected chi connectivity index (χ2v) is 6.41. The molecule has 1 aromatic heterocycles. The number of anilines is 1. The molecule has 11 heteroatoms. The van der Waals surface area contributed by atoms with Crippen molar-refractivity contribution in [2.45, 2.75) is 0 Å². The summed E-state index contributed by atoms with van der Waals surface area (Å²) in [7, 11) is 2.95. The fourth-order valence-corrected chi connectivity index (χ4v) is 2.70. The number of carbonyl (C=O) groups excluding carboxylic acids is 2. The molecule has 0 spiro atoms. The fraction of sp³-hybridized carbons (Fsp3) is 0.188. The van der Waals surface area contributed by atoms with Crippen molar-refractivity contribution in [3.05, 3.63) is 44.1 Å². The molecule has 1 heterocycles. The van der Waals surface area contributed by atoms with Gasteiger partial charge < -0.3 is 19.5 Å². The number of esters is 1. The number of halogens is 4. The molecule has 2 aromatic rings. The van der Waals surface area contributed by atoms with Gasteiger partial charge in [-0.1, -0.05) is 46.4 Å². The smallest absolute Gasteiger partial charge is 0.359 e. The lowest BCUT2D eigenvalue weighted by Gasteiger charge is -2.11. The lowest BCUT2D eigenvalue weighted by molar-refractivity contribution is -0.119. The quantitative estimate of drug-likeness (QED) is 0.511. The molecular weight excluding hydrogens is 442 g/mol. The van der Waals surface area contributed by atoms with Crippen LogP contribution in [0.1, 0.15) is 10.5 Å². The Morgan fingerprint density at radius 3 is 2.11 bits per heavy atom. The molecule has 27 heavy (non-hydrogen) atoms. The number of methoxy groups -OCH3 is 2. The van der Waals surface area contributed by atoms with E-state index in [4.69, 9.17) is 60.6 Å². The Labute approximate surface area is 174 Å². The monoisotopic (exact) mass is 452 g/mol. The molecule has 7 nitrogen and oxygen atoms in total. The number of hydrogen-bond acceptors (Lipinski definition) is 6. The summed E-state index contributed by atoms with van der Waals surface area (Å²) in [4.78, 5) is 27.8. The fourth-order valence-electron chi connectivity index (χ4n) is 1.90. The van der Waals surface area contributed by atoms with Crippen molar-refractivity contribution in [2.75, 3.05) is 26.1 Å². The van der Waals surface area contributed by atoms with Gasteiger partial charge in [0.05, 0.1) is 29.3 Å². The van der Waals surface area contributed by atoms with E-state index in [0.717, 1.165) is 0 Å². The van der Waals surface area contributed by atoms with Gasteiger partial charge in [0, 0.05) is 23.9 Å². The number of aromatic nitrogens is 1. The number of nitrogens with one attached hydrogen (secondary N) is 1. The van der Waals surface area contributed by atoms with E-state index in [1.54, 1.807) is 18.2 Å². The summed E-state index contributed by atoms with van der Waals surface area (Å²) in [5, 5.41) is 1.86. The predicted octanol–water partition coefficient (Wildman–Crippen LogP) is 4.51. The molecule has 1 amide bonds. The molecule has 0 saturated heterocycles. The van der Waals surface area contributed by atoms with Crippen LogP contribution in [0.3, 0.4) is 0 Å². The van der Waals surface area contributed by atoms with Crippen molar-refractivity contribution in [1.82, 2.24) is 4.98 Å². The molecule has 0 fully saturated rings. The number of nitrogens with zero attached hydrogens (tertiary/aromatic N) is 1. The summed E-state index contributed by atoms with van der Waals surface area (Å²) in [6, 6.07) is 4.77. The van der Waals surface area contributed by atoms with E-state index in [2.05, 4.69) is 10.3 Å². The Hall–Kier alpha value is -1.93. The Kier molecular flexibility index (Phi) is 7.38. The largest absolute Gasteiger partial charge is 0.497 e. The van der Waals surface area contributed by atoms with Crippen LogP contribution in [0, 0.1) is 0 Å². The van der Waals surface area contributed by atoms with Crippen LogP contribution < -0.4 is 14.8 Å². The normalized spacial score (nSPS) is 10.3. The molecule has 2 rings (SSSR count). The van der Waals surface area contributed by atoms with Crippen LogP contribution in [0.25, 0.3) is 0 Å². The first kappa shape index (κ1) is 21.4. The summed E-state index contributed by atoms with van der Waals surface area (Å²) in [5.41, 5.74) is 0.0351. The van der Waals surface area contributed by atoms with Gasteiger partial charge in [-0.2, -0.15) is 0 Å². The van der Waals surface area contributed by atoms with Crippen LogP contribution in [0.5, 0.6) is 11.5 Å². The highest BCUT2D eigenvalue weighted by Crippen LogP contribution is 2.36. The molecule has 1 aromatic carbocycles. The van der Waals surface area contributed by atoms with E-state index in [1.165, 1.54) is 14.2 Å². The maximum atomic E-state index is 12.1. The Bertz CT molecular complexity index is 869. The van der Waals surface area contributed by atoms with Gasteiger partial charge in [-0.3, -0.25) is 4.79 Å². The minimum absolute atomic E-state index is 0.0930. The molecule has 144 valence electrons. The first-order valence-electron chi connectivity index (χ1n) is 7.16. The Morgan fingerprint density at radius 2 is 1.56 bits per heavy atom. The molecule has 0 radical (unpaired) electrons. The van der Waals surface area contributed by atoms with Crippen molar-refractivity contribution in [3.8, 4) is 11.5 Å². The number of amides is 1. The summed E-state index contributed by atoms with van der Waals surface area (Å²) in [6.07, 6.45) is 0. The number of ether oxygens (including phenoxy) is 3. The second kappa shape index (κ2) is 9.32. The molecule has 0 aliphatic rings. The number of rotatable bonds is 6. The standard InChI is InChI=1S/C16H12Cl4N2O5/c1-25-8-3-7(4-9(5-8)26-2)21-10(23)6-27-16(24)14-12(18)11(17)13(19)15(20)22-14/h3-5H,6H2,1-2H3,(H,21,23). The van der Waals surface area contributed by atoms with Crippen LogP contribution >= 0.6 is 46.4 Å². The van der Waals surface area contributed by atoms with Gasteiger partial charge in [-0.15, -0.1) is 0 Å². The molecule has 0 saturated carbocycles. The zero-order valence-corrected chi connectivity index (χ0v) is 17.0. The van der Waals surface area contributed by atoms with E-state index >= 15 is 0 Å². The van der Waals surface area contributed by atoms with Crippen LogP contribution in [0.15, 0.2) is 18.2 Å². The van der Waals surface area contributed by atoms with Crippen molar-refractivity contribution < 1.29 is 23.8 Å². The number of carbonyl (C=O) groups is 2. The lowest BCUT2D eigenvalue weighted by atomic mass is 10.2. The predicted molar refractivity (Wildman–Crippen MR) is 103 cm³/mol. The van der Waals surface area contributed by atoms with E-state index in [0.29, 0.717) is 17.2 Å². The first-order chi connectivity index (χ1) is 12.8. The van der Waals surface area contributed by atoms with Gasteiger partial charge in [0.1, 0.15) is 16.7 Å². The second-order valence-electron chi connectivity index (χ2n) is 4.92. The van der Waals surface area contributed by atoms with Gasteiger partial charge in [-0.05, 0) is 0 Å². The first-order valence-corrected chi connectivity index (χ1v) is 8.68. The summed E-state index contributed by atoms with van der Waals surface area (Å²) in [5.74, 6) is -0.647. The van der Waals surface area contributed by atoms with E-state index < -0.39 is 18.5 Å². The van der Waals surface area contributed by atoms with E-state index in [-0.39, 0.29) is 25.9 Å². The van der Waals surface area contributed by atoms with Crippen LogP contribution in [0.2, 0.25) is 20.2 Å². The highest BCUT2D eigenvalue weighted by molar-refractivity contribution is 6.52. The van der Waals surface area contributed by atoms with Gasteiger partial charge in [0.2, 0.25) is 0 Å². The number of pyridine rings is 1. The van der Waals surface area contributed by atoms with Crippen molar-refractivity contribution in [2.24, 2.45) is 0 Å². The third-order valence-electron chi connectivity index (χ3n) is 3.15. The molecule has 0 unspecified atom stereocenters. The van der Waals surface area contributed by atoms with Gasteiger partial charge in [-0.25, -0.2) is 9.78 Å². The highest BCUT2D eigenvalue weighted by Gasteiger charge is 2.22. The molecular formula is C16H12Cl4N2O5. The minimum Gasteiger partial charge on any atom is -0.497 e. The van der Waals surface area contributed by atoms with Crippen LogP contribution in [0.4, 0.5) is 5.69 Å². The van der Waals surface area contributed by atoms with Crippen molar-refractivity contribution in [3.63, 3.8) is 0 Å². The third kappa shape index (κ3) is 5.29. The highest BCUT2D eigenvalue weighted by atomic mass is 35.5. The van der Waals surface area contributed by atoms with Crippen LogP contribution in [-0.2, 0) is 9.53 Å². The molecule has 1 N–H and O–H groups in total. The van der Waals surface area contributed by atoms with E-state index in [9.17, 15) is 9.59 Å². The third-order valence-corrected chi connectivity index (χ3v) is 4.82. The zero-order chi connectivity index (χ0) is 20.1. The maximum Gasteiger partial charge on any atom is 0.359 e. The Morgan fingerprint density at radius 1 is 0.963 bits per heavy atom. The SMILES string of the molecule is COc1cc(NC(=O)COC(=O)c2nc(Cl)c(Cl)c(Cl)c2Cl)cc(OC)c1. The lowest BCUT2D eigenvalue weighted by Crippen LogP contribution is -2.21. The topological polar surface area (TPSA) is 86.8 Å². The minimum atomic E-state index is -0.987. The molecule has 0 aliphatic heterocycles. The number of hydrogen-bond donors (Lipinski definition) is 1. The van der Waals surface area contributed by atoms with Crippen molar-refractivity contribution in [1.29, 1.82) is 0 Å². The zero-order valence-electron chi connectivity index (χ0n) is 13.9. The van der Waals surface area contributed by atoms with E-state index in [1.807, 2.05) is 0 Å². The molecule has 0 atom stereocenters. The van der Waals surface area contributed by atoms with Gasteiger partial charge in [0.15, 0.2) is 12.3 Å². The average Bonchev–Trinajstić information content (AvgIpc) is 2.66.